The summed E-state index contributed by atoms with van der Waals surface area (Å²) in [4.78, 5) is 11.9. The van der Waals surface area contributed by atoms with Crippen molar-refractivity contribution in [3.8, 4) is 0 Å². The number of nitrogens with zero attached hydrogens (tertiary/aromatic N) is 3. The minimum Gasteiger partial charge on any atom is -0.468 e. The Morgan fingerprint density at radius 2 is 2.20 bits per heavy atom. The molecule has 0 aliphatic rings. The monoisotopic (exact) mass is 209 g/mol. The van der Waals surface area contributed by atoms with Gasteiger partial charge in [0.25, 0.3) is 0 Å². The van der Waals surface area contributed by atoms with Crippen molar-refractivity contribution >= 4 is 0 Å². The van der Waals surface area contributed by atoms with Crippen LogP contribution in [0.15, 0.2) is 18.7 Å². The van der Waals surface area contributed by atoms with Crippen molar-refractivity contribution in [1.82, 2.24) is 15.0 Å². The topological polar surface area (TPSA) is 99.9 Å². The summed E-state index contributed by atoms with van der Waals surface area (Å²) in [6.07, 6.45) is 4.78. The van der Waals surface area contributed by atoms with Crippen molar-refractivity contribution in [2.75, 3.05) is 0 Å². The molecular weight excluding hydrogens is 194 g/mol. The van der Waals surface area contributed by atoms with Crippen molar-refractivity contribution in [3.63, 3.8) is 0 Å². The highest BCUT2D eigenvalue weighted by atomic mass is 16.5. The minimum atomic E-state index is -1.29. The van der Waals surface area contributed by atoms with Gasteiger partial charge in [-0.05, 0) is 13.8 Å². The second-order valence-corrected chi connectivity index (χ2v) is 3.17. The van der Waals surface area contributed by atoms with Gasteiger partial charge in [0.1, 0.15) is 18.0 Å². The molecule has 1 aromatic rings. The molecule has 0 atom stereocenters. The molecule has 0 saturated heterocycles. The number of ether oxygens (including phenoxy) is 1. The number of hydrogen-bond acceptors (Lipinski definition) is 6. The van der Waals surface area contributed by atoms with Crippen LogP contribution in [0.1, 0.15) is 18.6 Å². The summed E-state index contributed by atoms with van der Waals surface area (Å²) < 4.78 is 5.10. The number of aromatic nitrogens is 3. The number of rotatable bonds is 4. The largest absolute Gasteiger partial charge is 0.468 e. The van der Waals surface area contributed by atoms with Crippen LogP contribution in [0.2, 0.25) is 0 Å². The molecule has 15 heavy (non-hydrogen) atoms. The summed E-state index contributed by atoms with van der Waals surface area (Å²) in [5.74, 6) is -0.154. The molecule has 0 bridgehead atoms. The smallest absolute Gasteiger partial charge is 0.219 e. The minimum absolute atomic E-state index is 0.223. The van der Waals surface area contributed by atoms with Gasteiger partial charge < -0.3 is 4.74 Å². The van der Waals surface area contributed by atoms with Crippen molar-refractivity contribution in [2.45, 2.75) is 26.1 Å². The molecule has 0 aromatic carbocycles. The van der Waals surface area contributed by atoms with Gasteiger partial charge in [-0.25, -0.2) is 15.0 Å². The first-order valence-corrected chi connectivity index (χ1v) is 4.55. The Kier molecular flexibility index (Phi) is 3.70. The highest BCUT2D eigenvalue weighted by Crippen LogP contribution is 2.03. The van der Waals surface area contributed by atoms with Crippen LogP contribution in [0.25, 0.3) is 0 Å². The summed E-state index contributed by atoms with van der Waals surface area (Å²) in [7, 11) is 0. The zero-order chi connectivity index (χ0) is 11.3. The predicted octanol–water partition coefficient (Wildman–Crippen LogP) is -0.156. The average molecular weight is 209 g/mol. The van der Waals surface area contributed by atoms with Gasteiger partial charge in [-0.3, -0.25) is 11.5 Å². The van der Waals surface area contributed by atoms with E-state index >= 15 is 0 Å². The van der Waals surface area contributed by atoms with E-state index in [2.05, 4.69) is 15.0 Å². The van der Waals surface area contributed by atoms with Crippen molar-refractivity contribution in [2.24, 2.45) is 11.5 Å². The molecule has 1 heterocycles. The van der Waals surface area contributed by atoms with Crippen LogP contribution in [0, 0.1) is 6.92 Å². The molecule has 0 radical (unpaired) electrons. The molecule has 6 nitrogen and oxygen atoms in total. The quantitative estimate of drug-likeness (QED) is 0.528. The summed E-state index contributed by atoms with van der Waals surface area (Å²) in [5, 5.41) is 0. The number of nitrogens with two attached hydrogens (primary N) is 2. The van der Waals surface area contributed by atoms with Gasteiger partial charge in [0.2, 0.25) is 5.85 Å². The van der Waals surface area contributed by atoms with Crippen LogP contribution in [0.5, 0.6) is 0 Å². The molecule has 0 amide bonds. The third kappa shape index (κ3) is 4.01. The molecule has 0 aliphatic carbocycles. The molecule has 0 fully saturated rings. The summed E-state index contributed by atoms with van der Waals surface area (Å²) in [6.45, 7) is 3.58. The zero-order valence-electron chi connectivity index (χ0n) is 8.84. The number of allylic oxidation sites excluding steroid dienone is 1. The Bertz CT molecular complexity index is 350. The number of hydrogen-bond donors (Lipinski definition) is 2. The van der Waals surface area contributed by atoms with E-state index in [0.29, 0.717) is 11.6 Å². The predicted molar refractivity (Wildman–Crippen MR) is 55.3 cm³/mol. The molecule has 1 aromatic heterocycles. The Morgan fingerprint density at radius 1 is 1.47 bits per heavy atom. The van der Waals surface area contributed by atoms with Gasteiger partial charge in [-0.15, -0.1) is 0 Å². The first-order valence-electron chi connectivity index (χ1n) is 4.55. The lowest BCUT2D eigenvalue weighted by Crippen LogP contribution is -2.53. The van der Waals surface area contributed by atoms with Gasteiger partial charge in [-0.1, -0.05) is 6.08 Å². The Labute approximate surface area is 88.4 Å². The molecule has 0 unspecified atom stereocenters. The van der Waals surface area contributed by atoms with E-state index in [4.69, 9.17) is 16.2 Å². The third-order valence-corrected chi connectivity index (χ3v) is 1.60. The second kappa shape index (κ2) is 4.81. The molecule has 4 N–H and O–H groups in total. The van der Waals surface area contributed by atoms with E-state index in [-0.39, 0.29) is 6.42 Å². The summed E-state index contributed by atoms with van der Waals surface area (Å²) >= 11 is 0. The van der Waals surface area contributed by atoms with E-state index in [1.54, 1.807) is 13.0 Å². The molecule has 6 heteroatoms. The fourth-order valence-electron chi connectivity index (χ4n) is 0.992. The lowest BCUT2D eigenvalue weighted by molar-refractivity contribution is 0.0319. The van der Waals surface area contributed by atoms with E-state index in [1.165, 1.54) is 12.6 Å². The van der Waals surface area contributed by atoms with Crippen molar-refractivity contribution < 1.29 is 4.74 Å². The van der Waals surface area contributed by atoms with Gasteiger partial charge in [0.05, 0.1) is 12.7 Å². The van der Waals surface area contributed by atoms with Gasteiger partial charge in [-0.2, -0.15) is 0 Å². The van der Waals surface area contributed by atoms with E-state index in [1.807, 2.05) is 6.92 Å². The lowest BCUT2D eigenvalue weighted by Gasteiger charge is -2.22. The maximum Gasteiger partial charge on any atom is 0.219 e. The first-order chi connectivity index (χ1) is 7.03. The van der Waals surface area contributed by atoms with Gasteiger partial charge >= 0.3 is 0 Å². The van der Waals surface area contributed by atoms with E-state index in [9.17, 15) is 0 Å². The first kappa shape index (κ1) is 11.5. The summed E-state index contributed by atoms with van der Waals surface area (Å²) in [6, 6.07) is 0. The third-order valence-electron chi connectivity index (χ3n) is 1.60. The Hall–Kier alpha value is -1.53. The standard InChI is InChI=1S/C9H15N5O/c1-3-4-15-9(10,11)5-8-13-6-12-7(2)14-8/h3-4,6H,5,10-11H2,1-2H3. The maximum atomic E-state index is 5.69. The highest BCUT2D eigenvalue weighted by molar-refractivity contribution is 4.93. The Morgan fingerprint density at radius 3 is 2.80 bits per heavy atom. The molecular formula is C9H15N5O. The van der Waals surface area contributed by atoms with Crippen molar-refractivity contribution in [1.29, 1.82) is 0 Å². The van der Waals surface area contributed by atoms with E-state index < -0.39 is 5.85 Å². The van der Waals surface area contributed by atoms with Crippen LogP contribution in [-0.2, 0) is 11.2 Å². The lowest BCUT2D eigenvalue weighted by atomic mass is 10.3. The van der Waals surface area contributed by atoms with Crippen LogP contribution >= 0.6 is 0 Å². The van der Waals surface area contributed by atoms with E-state index in [0.717, 1.165) is 0 Å². The summed E-state index contributed by atoms with van der Waals surface area (Å²) in [5.41, 5.74) is 11.4. The fourth-order valence-corrected chi connectivity index (χ4v) is 0.992. The van der Waals surface area contributed by atoms with Crippen molar-refractivity contribution in [3.05, 3.63) is 30.3 Å². The van der Waals surface area contributed by atoms with Crippen LogP contribution in [0.3, 0.4) is 0 Å². The average Bonchev–Trinajstić information content (AvgIpc) is 2.14. The van der Waals surface area contributed by atoms with Gasteiger partial charge in [0.15, 0.2) is 0 Å². The SMILES string of the molecule is CC=COC(N)(N)Cc1ncnc(C)n1. The Balaban J connectivity index is 2.68. The maximum absolute atomic E-state index is 5.69. The molecule has 0 spiro atoms. The van der Waals surface area contributed by atoms with Crippen LogP contribution in [-0.4, -0.2) is 20.8 Å². The normalized spacial score (nSPS) is 12.0. The molecule has 82 valence electrons. The second-order valence-electron chi connectivity index (χ2n) is 3.17. The van der Waals surface area contributed by atoms with Crippen LogP contribution in [0.4, 0.5) is 0 Å². The zero-order valence-corrected chi connectivity index (χ0v) is 8.84. The molecule has 0 saturated carbocycles. The fraction of sp³-hybridized carbons (Fsp3) is 0.444. The highest BCUT2D eigenvalue weighted by Gasteiger charge is 2.21. The van der Waals surface area contributed by atoms with Gasteiger partial charge in [0, 0.05) is 0 Å². The molecule has 1 rings (SSSR count). The number of aryl methyl sites for hydroxylation is 1. The van der Waals surface area contributed by atoms with Crippen LogP contribution < -0.4 is 11.5 Å². The molecule has 0 aliphatic heterocycles.